The molecule has 110 valence electrons. The number of carbonyl (C=O) groups is 1. The zero-order valence-electron chi connectivity index (χ0n) is 11.0. The number of amides is 1. The number of halogens is 3. The molecule has 1 aliphatic rings. The summed E-state index contributed by atoms with van der Waals surface area (Å²) < 4.78 is 44.7. The second kappa shape index (κ2) is 5.27. The molecule has 0 unspecified atom stereocenters. The third kappa shape index (κ3) is 2.79. The van der Waals surface area contributed by atoms with Crippen LogP contribution >= 0.6 is 0 Å². The van der Waals surface area contributed by atoms with E-state index in [1.165, 1.54) is 11.2 Å². The molecule has 0 spiro atoms. The summed E-state index contributed by atoms with van der Waals surface area (Å²) in [6.45, 7) is 0.219. The lowest BCUT2D eigenvalue weighted by Crippen LogP contribution is -2.32. The van der Waals surface area contributed by atoms with Crippen LogP contribution < -0.4 is 0 Å². The molecule has 1 heterocycles. The number of carbonyl (C=O) groups excluding carboxylic acids is 1. The lowest BCUT2D eigenvalue weighted by Gasteiger charge is -2.21. The van der Waals surface area contributed by atoms with E-state index in [1.54, 1.807) is 12.1 Å². The van der Waals surface area contributed by atoms with Crippen molar-refractivity contribution >= 4 is 5.91 Å². The molecule has 21 heavy (non-hydrogen) atoms. The summed E-state index contributed by atoms with van der Waals surface area (Å²) in [6, 6.07) is 4.88. The van der Waals surface area contributed by atoms with Gasteiger partial charge in [-0.25, -0.2) is 13.2 Å². The van der Waals surface area contributed by atoms with Crippen molar-refractivity contribution in [1.82, 2.24) is 4.90 Å². The van der Waals surface area contributed by atoms with Gasteiger partial charge in [-0.1, -0.05) is 0 Å². The maximum absolute atomic E-state index is 13.3. The monoisotopic (exact) mass is 295 g/mol. The van der Waals surface area contributed by atoms with Crippen LogP contribution in [0.15, 0.2) is 34.9 Å². The van der Waals surface area contributed by atoms with Gasteiger partial charge in [0.2, 0.25) is 0 Å². The average molecular weight is 295 g/mol. The van der Waals surface area contributed by atoms with Gasteiger partial charge in [0.15, 0.2) is 17.5 Å². The topological polar surface area (TPSA) is 33.5 Å². The van der Waals surface area contributed by atoms with Crippen molar-refractivity contribution < 1.29 is 22.4 Å². The van der Waals surface area contributed by atoms with Crippen molar-refractivity contribution in [2.45, 2.75) is 25.4 Å². The summed E-state index contributed by atoms with van der Waals surface area (Å²) in [4.78, 5) is 13.9. The smallest absolute Gasteiger partial charge is 0.254 e. The first-order chi connectivity index (χ1) is 10.1. The normalized spacial score (nSPS) is 14.2. The third-order valence-corrected chi connectivity index (χ3v) is 3.39. The highest BCUT2D eigenvalue weighted by molar-refractivity contribution is 5.94. The molecule has 3 rings (SSSR count). The van der Waals surface area contributed by atoms with Gasteiger partial charge in [-0.15, -0.1) is 0 Å². The van der Waals surface area contributed by atoms with Gasteiger partial charge in [-0.2, -0.15) is 0 Å². The first-order valence-electron chi connectivity index (χ1n) is 6.54. The number of hydrogen-bond donors (Lipinski definition) is 0. The van der Waals surface area contributed by atoms with Crippen LogP contribution in [0.4, 0.5) is 13.2 Å². The molecule has 3 nitrogen and oxygen atoms in total. The molecule has 0 atom stereocenters. The lowest BCUT2D eigenvalue weighted by atomic mass is 10.1. The molecule has 2 aromatic rings. The fourth-order valence-corrected chi connectivity index (χ4v) is 2.17. The minimum atomic E-state index is -1.57. The van der Waals surface area contributed by atoms with Crippen molar-refractivity contribution in [1.29, 1.82) is 0 Å². The average Bonchev–Trinajstić information content (AvgIpc) is 3.17. The summed E-state index contributed by atoms with van der Waals surface area (Å²) >= 11 is 0. The van der Waals surface area contributed by atoms with Gasteiger partial charge in [0.1, 0.15) is 5.76 Å². The summed E-state index contributed by atoms with van der Waals surface area (Å²) in [7, 11) is 0. The highest BCUT2D eigenvalue weighted by Crippen LogP contribution is 2.30. The fraction of sp³-hybridized carbons (Fsp3) is 0.267. The molecule has 0 N–H and O–H groups in total. The Balaban J connectivity index is 1.87. The molecule has 1 aliphatic carbocycles. The second-order valence-electron chi connectivity index (χ2n) is 5.00. The van der Waals surface area contributed by atoms with E-state index < -0.39 is 23.4 Å². The van der Waals surface area contributed by atoms with E-state index in [0.717, 1.165) is 25.0 Å². The first kappa shape index (κ1) is 13.7. The quantitative estimate of drug-likeness (QED) is 0.809. The summed E-state index contributed by atoms with van der Waals surface area (Å²) in [6.07, 6.45) is 3.15. The Labute approximate surface area is 119 Å². The zero-order valence-corrected chi connectivity index (χ0v) is 11.0. The molecule has 1 saturated carbocycles. The van der Waals surface area contributed by atoms with Crippen LogP contribution in [0.25, 0.3) is 0 Å². The maximum Gasteiger partial charge on any atom is 0.254 e. The predicted octanol–water partition coefficient (Wildman–Crippen LogP) is 3.50. The Morgan fingerprint density at radius 1 is 1.24 bits per heavy atom. The van der Waals surface area contributed by atoms with Crippen LogP contribution in [-0.4, -0.2) is 16.8 Å². The van der Waals surface area contributed by atoms with Gasteiger partial charge in [0.25, 0.3) is 5.91 Å². The number of benzene rings is 1. The molecule has 1 aromatic heterocycles. The van der Waals surface area contributed by atoms with Gasteiger partial charge in [-0.3, -0.25) is 4.79 Å². The Morgan fingerprint density at radius 3 is 2.43 bits per heavy atom. The highest BCUT2D eigenvalue weighted by atomic mass is 19.2. The fourth-order valence-electron chi connectivity index (χ4n) is 2.17. The molecular weight excluding hydrogens is 283 g/mol. The van der Waals surface area contributed by atoms with Gasteiger partial charge in [0, 0.05) is 11.6 Å². The van der Waals surface area contributed by atoms with Gasteiger partial charge < -0.3 is 9.32 Å². The van der Waals surface area contributed by atoms with Crippen LogP contribution in [0.2, 0.25) is 0 Å². The predicted molar refractivity (Wildman–Crippen MR) is 67.9 cm³/mol. The molecule has 1 aromatic carbocycles. The Bertz CT molecular complexity index is 643. The Morgan fingerprint density at radius 2 is 1.90 bits per heavy atom. The third-order valence-electron chi connectivity index (χ3n) is 3.39. The van der Waals surface area contributed by atoms with E-state index in [-0.39, 0.29) is 18.2 Å². The van der Waals surface area contributed by atoms with Gasteiger partial charge in [-0.05, 0) is 37.1 Å². The summed E-state index contributed by atoms with van der Waals surface area (Å²) in [5.41, 5.74) is -0.204. The maximum atomic E-state index is 13.3. The molecule has 0 aliphatic heterocycles. The van der Waals surface area contributed by atoms with E-state index in [4.69, 9.17) is 4.42 Å². The van der Waals surface area contributed by atoms with Crippen LogP contribution in [0, 0.1) is 17.5 Å². The van der Waals surface area contributed by atoms with Crippen LogP contribution in [0.1, 0.15) is 29.0 Å². The lowest BCUT2D eigenvalue weighted by molar-refractivity contribution is 0.0716. The minimum absolute atomic E-state index is 0.0266. The molecule has 1 fully saturated rings. The van der Waals surface area contributed by atoms with Crippen LogP contribution in [0.3, 0.4) is 0 Å². The largest absolute Gasteiger partial charge is 0.467 e. The van der Waals surface area contributed by atoms with Crippen LogP contribution in [0.5, 0.6) is 0 Å². The minimum Gasteiger partial charge on any atom is -0.467 e. The van der Waals surface area contributed by atoms with Gasteiger partial charge in [0.05, 0.1) is 12.8 Å². The molecule has 0 radical (unpaired) electrons. The molecule has 0 saturated heterocycles. The molecule has 6 heteroatoms. The number of furan rings is 1. The summed E-state index contributed by atoms with van der Waals surface area (Å²) in [5.74, 6) is -4.26. The number of hydrogen-bond acceptors (Lipinski definition) is 2. The molecular formula is C15H12F3NO2. The number of rotatable bonds is 4. The standard InChI is InChI=1S/C15H12F3NO2/c16-12-6-9(7-13(17)14(12)18)15(20)19(10-3-4-10)8-11-2-1-5-21-11/h1-2,5-7,10H,3-4,8H2. The van der Waals surface area contributed by atoms with Crippen molar-refractivity contribution in [3.05, 3.63) is 59.3 Å². The Kier molecular flexibility index (Phi) is 3.45. The van der Waals surface area contributed by atoms with Crippen molar-refractivity contribution in [3.63, 3.8) is 0 Å². The first-order valence-corrected chi connectivity index (χ1v) is 6.54. The zero-order chi connectivity index (χ0) is 15.0. The van der Waals surface area contributed by atoms with Crippen molar-refractivity contribution in [2.24, 2.45) is 0 Å². The van der Waals surface area contributed by atoms with E-state index in [2.05, 4.69) is 0 Å². The van der Waals surface area contributed by atoms with E-state index in [0.29, 0.717) is 5.76 Å². The number of nitrogens with zero attached hydrogens (tertiary/aromatic N) is 1. The SMILES string of the molecule is O=C(c1cc(F)c(F)c(F)c1)N(Cc1ccco1)C1CC1. The summed E-state index contributed by atoms with van der Waals surface area (Å²) in [5, 5.41) is 0. The second-order valence-corrected chi connectivity index (χ2v) is 5.00. The van der Waals surface area contributed by atoms with Gasteiger partial charge >= 0.3 is 0 Å². The molecule has 0 bridgehead atoms. The van der Waals surface area contributed by atoms with Crippen molar-refractivity contribution in [2.75, 3.05) is 0 Å². The Hall–Kier alpha value is -2.24. The van der Waals surface area contributed by atoms with E-state index in [1.807, 2.05) is 0 Å². The van der Waals surface area contributed by atoms with E-state index in [9.17, 15) is 18.0 Å². The van der Waals surface area contributed by atoms with Crippen LogP contribution in [-0.2, 0) is 6.54 Å². The van der Waals surface area contributed by atoms with Crippen molar-refractivity contribution in [3.8, 4) is 0 Å². The van der Waals surface area contributed by atoms with E-state index >= 15 is 0 Å². The highest BCUT2D eigenvalue weighted by Gasteiger charge is 2.34. The molecule has 1 amide bonds.